The van der Waals surface area contributed by atoms with Gasteiger partial charge in [0.2, 0.25) is 0 Å². The highest BCUT2D eigenvalue weighted by molar-refractivity contribution is 5.93. The summed E-state index contributed by atoms with van der Waals surface area (Å²) in [5.74, 6) is 0. The number of likely N-dealkylation sites (tertiary alicyclic amines) is 1. The zero-order chi connectivity index (χ0) is 15.6. The maximum absolute atomic E-state index is 12.2. The molecule has 0 bridgehead atoms. The van der Waals surface area contributed by atoms with E-state index < -0.39 is 0 Å². The fourth-order valence-electron chi connectivity index (χ4n) is 3.47. The lowest BCUT2D eigenvalue weighted by Gasteiger charge is -2.32. The number of anilines is 1. The normalized spacial score (nSPS) is 19.7. The van der Waals surface area contributed by atoms with Crippen LogP contribution in [0.15, 0.2) is 42.5 Å². The van der Waals surface area contributed by atoms with Crippen LogP contribution in [0.3, 0.4) is 0 Å². The van der Waals surface area contributed by atoms with Crippen molar-refractivity contribution in [3.8, 4) is 0 Å². The van der Waals surface area contributed by atoms with E-state index in [1.165, 1.54) is 18.2 Å². The predicted molar refractivity (Wildman–Crippen MR) is 93.7 cm³/mol. The van der Waals surface area contributed by atoms with Crippen LogP contribution < -0.4 is 10.6 Å². The summed E-state index contributed by atoms with van der Waals surface area (Å²) in [6.45, 7) is 2.23. The van der Waals surface area contributed by atoms with Crippen LogP contribution in [0.1, 0.15) is 25.7 Å². The largest absolute Gasteiger partial charge is 0.335 e. The van der Waals surface area contributed by atoms with Gasteiger partial charge in [0.05, 0.1) is 0 Å². The summed E-state index contributed by atoms with van der Waals surface area (Å²) in [6.07, 6.45) is 4.84. The quantitative estimate of drug-likeness (QED) is 0.910. The Bertz CT molecular complexity index is 703. The molecule has 1 saturated carbocycles. The molecule has 1 aliphatic heterocycles. The van der Waals surface area contributed by atoms with Crippen molar-refractivity contribution < 1.29 is 4.79 Å². The monoisotopic (exact) mass is 309 g/mol. The zero-order valence-electron chi connectivity index (χ0n) is 13.3. The van der Waals surface area contributed by atoms with Gasteiger partial charge in [0.25, 0.3) is 0 Å². The minimum absolute atomic E-state index is 0.0925. The van der Waals surface area contributed by atoms with E-state index in [0.29, 0.717) is 6.04 Å². The molecule has 1 aliphatic carbocycles. The van der Waals surface area contributed by atoms with Crippen LogP contribution >= 0.6 is 0 Å². The van der Waals surface area contributed by atoms with Gasteiger partial charge in [-0.3, -0.25) is 0 Å². The van der Waals surface area contributed by atoms with Crippen LogP contribution in [-0.2, 0) is 0 Å². The van der Waals surface area contributed by atoms with Crippen LogP contribution in [-0.4, -0.2) is 36.1 Å². The number of amides is 2. The Labute approximate surface area is 136 Å². The van der Waals surface area contributed by atoms with Crippen LogP contribution in [0.5, 0.6) is 0 Å². The van der Waals surface area contributed by atoms with Gasteiger partial charge in [-0.15, -0.1) is 0 Å². The summed E-state index contributed by atoms with van der Waals surface area (Å²) in [5.41, 5.74) is 0.844. The van der Waals surface area contributed by atoms with Crippen molar-refractivity contribution in [2.45, 2.75) is 37.8 Å². The molecule has 23 heavy (non-hydrogen) atoms. The van der Waals surface area contributed by atoms with Crippen molar-refractivity contribution in [2.24, 2.45) is 0 Å². The Hall–Kier alpha value is -2.07. The lowest BCUT2D eigenvalue weighted by molar-refractivity contribution is 0.189. The van der Waals surface area contributed by atoms with Gasteiger partial charge in [-0.2, -0.15) is 0 Å². The Morgan fingerprint density at radius 2 is 1.70 bits per heavy atom. The Kier molecular flexibility index (Phi) is 3.92. The molecule has 4 nitrogen and oxygen atoms in total. The number of fused-ring (bicyclic) bond motifs is 1. The fraction of sp³-hybridized carbons (Fsp3) is 0.421. The molecule has 1 saturated heterocycles. The molecule has 0 atom stereocenters. The Morgan fingerprint density at radius 3 is 2.43 bits per heavy atom. The first kappa shape index (κ1) is 14.5. The first-order valence-corrected chi connectivity index (χ1v) is 8.58. The minimum Gasteiger partial charge on any atom is -0.335 e. The summed E-state index contributed by atoms with van der Waals surface area (Å²) in [4.78, 5) is 14.8. The Balaban J connectivity index is 1.32. The van der Waals surface area contributed by atoms with E-state index in [2.05, 4.69) is 27.7 Å². The number of benzene rings is 2. The van der Waals surface area contributed by atoms with E-state index in [0.717, 1.165) is 43.0 Å². The number of carbonyl (C=O) groups excluding carboxylic acids is 1. The number of hydrogen-bond acceptors (Lipinski definition) is 2. The van der Waals surface area contributed by atoms with Gasteiger partial charge in [0, 0.05) is 30.9 Å². The third kappa shape index (κ3) is 3.48. The molecule has 0 spiro atoms. The number of nitrogens with one attached hydrogen (secondary N) is 2. The van der Waals surface area contributed by atoms with Crippen molar-refractivity contribution >= 4 is 22.5 Å². The van der Waals surface area contributed by atoms with Crippen molar-refractivity contribution in [3.63, 3.8) is 0 Å². The molecule has 0 unspecified atom stereocenters. The van der Waals surface area contributed by atoms with E-state index in [1.807, 2.05) is 30.3 Å². The molecule has 0 radical (unpaired) electrons. The summed E-state index contributed by atoms with van der Waals surface area (Å²) in [7, 11) is 0. The van der Waals surface area contributed by atoms with Gasteiger partial charge in [0.15, 0.2) is 0 Å². The molecule has 120 valence electrons. The SMILES string of the molecule is O=C(Nc1ccc2ccccc2c1)NC1CCN(C2CC2)CC1. The summed E-state index contributed by atoms with van der Waals surface area (Å²) in [5, 5.41) is 8.41. The van der Waals surface area contributed by atoms with E-state index in [-0.39, 0.29) is 6.03 Å². The number of hydrogen-bond donors (Lipinski definition) is 2. The second-order valence-corrected chi connectivity index (χ2v) is 6.70. The van der Waals surface area contributed by atoms with E-state index in [9.17, 15) is 4.79 Å². The van der Waals surface area contributed by atoms with E-state index in [1.54, 1.807) is 0 Å². The molecular formula is C19H23N3O. The van der Waals surface area contributed by atoms with Gasteiger partial charge in [-0.1, -0.05) is 30.3 Å². The maximum atomic E-state index is 12.2. The van der Waals surface area contributed by atoms with Gasteiger partial charge >= 0.3 is 6.03 Å². The molecule has 2 aliphatic rings. The number of urea groups is 1. The lowest BCUT2D eigenvalue weighted by atomic mass is 10.1. The molecular weight excluding hydrogens is 286 g/mol. The lowest BCUT2D eigenvalue weighted by Crippen LogP contribution is -2.46. The highest BCUT2D eigenvalue weighted by Crippen LogP contribution is 2.29. The molecule has 4 rings (SSSR count). The van der Waals surface area contributed by atoms with Crippen LogP contribution in [0.25, 0.3) is 10.8 Å². The summed E-state index contributed by atoms with van der Waals surface area (Å²) in [6, 6.07) is 15.2. The van der Waals surface area contributed by atoms with E-state index >= 15 is 0 Å². The smallest absolute Gasteiger partial charge is 0.319 e. The second-order valence-electron chi connectivity index (χ2n) is 6.70. The third-order valence-electron chi connectivity index (χ3n) is 4.94. The Morgan fingerprint density at radius 1 is 0.957 bits per heavy atom. The highest BCUT2D eigenvalue weighted by atomic mass is 16.2. The first-order chi connectivity index (χ1) is 11.3. The van der Waals surface area contributed by atoms with Crippen molar-refractivity contribution in [1.29, 1.82) is 0 Å². The average Bonchev–Trinajstić information content (AvgIpc) is 3.40. The third-order valence-corrected chi connectivity index (χ3v) is 4.94. The van der Waals surface area contributed by atoms with Crippen LogP contribution in [0, 0.1) is 0 Å². The van der Waals surface area contributed by atoms with Crippen molar-refractivity contribution in [1.82, 2.24) is 10.2 Å². The number of rotatable bonds is 3. The summed E-state index contributed by atoms with van der Waals surface area (Å²) >= 11 is 0. The van der Waals surface area contributed by atoms with Gasteiger partial charge < -0.3 is 15.5 Å². The second kappa shape index (κ2) is 6.20. The summed E-state index contributed by atoms with van der Waals surface area (Å²) < 4.78 is 0. The number of piperidine rings is 1. The van der Waals surface area contributed by atoms with Gasteiger partial charge in [-0.25, -0.2) is 4.79 Å². The van der Waals surface area contributed by atoms with Crippen molar-refractivity contribution in [3.05, 3.63) is 42.5 Å². The van der Waals surface area contributed by atoms with Crippen LogP contribution in [0.4, 0.5) is 10.5 Å². The minimum atomic E-state index is -0.0925. The van der Waals surface area contributed by atoms with Gasteiger partial charge in [-0.05, 0) is 48.6 Å². The zero-order valence-corrected chi connectivity index (χ0v) is 13.3. The maximum Gasteiger partial charge on any atom is 0.319 e. The van der Waals surface area contributed by atoms with Gasteiger partial charge in [0.1, 0.15) is 0 Å². The average molecular weight is 309 g/mol. The molecule has 0 aromatic heterocycles. The highest BCUT2D eigenvalue weighted by Gasteiger charge is 2.32. The standard InChI is InChI=1S/C19H23N3O/c23-19(20-16-9-11-22(12-10-16)18-7-8-18)21-17-6-5-14-3-1-2-4-15(14)13-17/h1-6,13,16,18H,7-12H2,(H2,20,21,23). The molecule has 1 heterocycles. The molecule has 4 heteroatoms. The fourth-order valence-corrected chi connectivity index (χ4v) is 3.47. The first-order valence-electron chi connectivity index (χ1n) is 8.58. The molecule has 2 amide bonds. The molecule has 2 fully saturated rings. The number of nitrogens with zero attached hydrogens (tertiary/aromatic N) is 1. The number of carbonyl (C=O) groups is 1. The molecule has 2 aromatic carbocycles. The van der Waals surface area contributed by atoms with Crippen LogP contribution in [0.2, 0.25) is 0 Å². The van der Waals surface area contributed by atoms with Crippen molar-refractivity contribution in [2.75, 3.05) is 18.4 Å². The molecule has 2 N–H and O–H groups in total. The predicted octanol–water partition coefficient (Wildman–Crippen LogP) is 3.59. The molecule has 2 aromatic rings. The topological polar surface area (TPSA) is 44.4 Å². The van der Waals surface area contributed by atoms with E-state index in [4.69, 9.17) is 0 Å².